The molecule has 1 aromatic carbocycles. The highest BCUT2D eigenvalue weighted by Crippen LogP contribution is 2.19. The van der Waals surface area contributed by atoms with Crippen LogP contribution in [-0.2, 0) is 4.79 Å². The lowest BCUT2D eigenvalue weighted by Crippen LogP contribution is -2.48. The number of carbonyl (C=O) groups is 2. The molecule has 1 aliphatic rings. The first kappa shape index (κ1) is 17.0. The van der Waals surface area contributed by atoms with Crippen molar-refractivity contribution in [1.29, 1.82) is 0 Å². The normalized spacial score (nSPS) is 14.3. The van der Waals surface area contributed by atoms with E-state index in [1.165, 1.54) is 0 Å². The molecular formula is C19H22N4O2. The van der Waals surface area contributed by atoms with Gasteiger partial charge in [-0.3, -0.25) is 14.6 Å². The van der Waals surface area contributed by atoms with Gasteiger partial charge in [0, 0.05) is 50.7 Å². The zero-order valence-electron chi connectivity index (χ0n) is 14.5. The van der Waals surface area contributed by atoms with Crippen LogP contribution in [0.1, 0.15) is 23.0 Å². The summed E-state index contributed by atoms with van der Waals surface area (Å²) in [7, 11) is 0. The van der Waals surface area contributed by atoms with E-state index in [1.54, 1.807) is 19.2 Å². The number of anilines is 2. The fourth-order valence-electron chi connectivity index (χ4n) is 2.92. The number of carbonyl (C=O) groups excluding carboxylic acids is 2. The Morgan fingerprint density at radius 1 is 1.08 bits per heavy atom. The van der Waals surface area contributed by atoms with Gasteiger partial charge in [0.15, 0.2) is 0 Å². The number of amides is 2. The fraction of sp³-hybridized carbons (Fsp3) is 0.316. The molecule has 0 saturated carbocycles. The number of nitrogens with zero attached hydrogens (tertiary/aromatic N) is 3. The first-order valence-electron chi connectivity index (χ1n) is 8.38. The minimum Gasteiger partial charge on any atom is -0.368 e. The van der Waals surface area contributed by atoms with Crippen molar-refractivity contribution < 1.29 is 9.59 Å². The summed E-state index contributed by atoms with van der Waals surface area (Å²) >= 11 is 0. The molecule has 1 aromatic heterocycles. The Morgan fingerprint density at radius 3 is 2.48 bits per heavy atom. The summed E-state index contributed by atoms with van der Waals surface area (Å²) in [6.07, 6.45) is 1.65. The third-order valence-corrected chi connectivity index (χ3v) is 4.46. The molecule has 1 N–H and O–H groups in total. The van der Waals surface area contributed by atoms with Gasteiger partial charge in [-0.1, -0.05) is 18.2 Å². The minimum atomic E-state index is -0.224. The van der Waals surface area contributed by atoms with Gasteiger partial charge in [-0.15, -0.1) is 0 Å². The molecular weight excluding hydrogens is 316 g/mol. The van der Waals surface area contributed by atoms with Gasteiger partial charge in [-0.2, -0.15) is 0 Å². The van der Waals surface area contributed by atoms with Crippen LogP contribution in [-0.4, -0.2) is 47.9 Å². The molecule has 0 bridgehead atoms. The van der Waals surface area contributed by atoms with E-state index in [0.717, 1.165) is 30.0 Å². The molecule has 2 aromatic rings. The Balaban J connectivity index is 1.70. The second kappa shape index (κ2) is 7.34. The van der Waals surface area contributed by atoms with E-state index in [4.69, 9.17) is 0 Å². The van der Waals surface area contributed by atoms with E-state index in [1.807, 2.05) is 42.2 Å². The Hall–Kier alpha value is -2.89. The molecule has 2 heterocycles. The smallest absolute Gasteiger partial charge is 0.274 e. The fourth-order valence-corrected chi connectivity index (χ4v) is 2.92. The average Bonchev–Trinajstić information content (AvgIpc) is 2.64. The molecule has 0 atom stereocenters. The maximum Gasteiger partial charge on any atom is 0.274 e. The van der Waals surface area contributed by atoms with Crippen molar-refractivity contribution in [2.45, 2.75) is 13.8 Å². The van der Waals surface area contributed by atoms with E-state index in [2.05, 4.69) is 15.2 Å². The van der Waals surface area contributed by atoms with E-state index < -0.39 is 0 Å². The maximum absolute atomic E-state index is 12.5. The lowest BCUT2D eigenvalue weighted by atomic mass is 10.2. The molecule has 1 aliphatic heterocycles. The van der Waals surface area contributed by atoms with Crippen molar-refractivity contribution in [3.8, 4) is 0 Å². The van der Waals surface area contributed by atoms with Gasteiger partial charge in [0.25, 0.3) is 5.91 Å². The number of aryl methyl sites for hydroxylation is 1. The molecule has 0 aliphatic carbocycles. The van der Waals surface area contributed by atoms with Crippen LogP contribution in [0.3, 0.4) is 0 Å². The maximum atomic E-state index is 12.5. The predicted octanol–water partition coefficient (Wildman–Crippen LogP) is 2.31. The predicted molar refractivity (Wildman–Crippen MR) is 97.8 cm³/mol. The summed E-state index contributed by atoms with van der Waals surface area (Å²) in [5.41, 5.74) is 3.13. The van der Waals surface area contributed by atoms with Crippen molar-refractivity contribution in [3.05, 3.63) is 53.9 Å². The number of benzene rings is 1. The Kier molecular flexibility index (Phi) is 4.97. The zero-order valence-corrected chi connectivity index (χ0v) is 14.5. The van der Waals surface area contributed by atoms with Crippen LogP contribution in [0.25, 0.3) is 0 Å². The molecule has 0 unspecified atom stereocenters. The van der Waals surface area contributed by atoms with Gasteiger partial charge in [0.1, 0.15) is 5.69 Å². The van der Waals surface area contributed by atoms with E-state index in [-0.39, 0.29) is 11.8 Å². The molecule has 0 spiro atoms. The lowest BCUT2D eigenvalue weighted by molar-refractivity contribution is -0.129. The molecule has 3 rings (SSSR count). The van der Waals surface area contributed by atoms with Crippen LogP contribution in [0.2, 0.25) is 0 Å². The second-order valence-corrected chi connectivity index (χ2v) is 6.16. The van der Waals surface area contributed by atoms with Crippen molar-refractivity contribution in [3.63, 3.8) is 0 Å². The van der Waals surface area contributed by atoms with Crippen LogP contribution < -0.4 is 10.2 Å². The second-order valence-electron chi connectivity index (χ2n) is 6.16. The van der Waals surface area contributed by atoms with Crippen molar-refractivity contribution in [2.75, 3.05) is 36.4 Å². The van der Waals surface area contributed by atoms with Crippen LogP contribution in [0.5, 0.6) is 0 Å². The van der Waals surface area contributed by atoms with Crippen LogP contribution in [0, 0.1) is 6.92 Å². The van der Waals surface area contributed by atoms with Gasteiger partial charge < -0.3 is 15.1 Å². The monoisotopic (exact) mass is 338 g/mol. The van der Waals surface area contributed by atoms with E-state index in [0.29, 0.717) is 18.8 Å². The van der Waals surface area contributed by atoms with Crippen LogP contribution in [0.15, 0.2) is 42.6 Å². The number of pyridine rings is 1. The lowest BCUT2D eigenvalue weighted by Gasteiger charge is -2.35. The molecule has 1 saturated heterocycles. The summed E-state index contributed by atoms with van der Waals surface area (Å²) < 4.78 is 0. The third kappa shape index (κ3) is 3.96. The molecule has 0 radical (unpaired) electrons. The van der Waals surface area contributed by atoms with Gasteiger partial charge in [-0.05, 0) is 30.7 Å². The number of rotatable bonds is 3. The first-order chi connectivity index (χ1) is 12.0. The average molecular weight is 338 g/mol. The number of para-hydroxylation sites is 1. The largest absolute Gasteiger partial charge is 0.368 e. The summed E-state index contributed by atoms with van der Waals surface area (Å²) in [6, 6.07) is 11.3. The topological polar surface area (TPSA) is 65.5 Å². The molecule has 25 heavy (non-hydrogen) atoms. The Labute approximate surface area is 147 Å². The van der Waals surface area contributed by atoms with Crippen LogP contribution >= 0.6 is 0 Å². The van der Waals surface area contributed by atoms with Gasteiger partial charge in [-0.25, -0.2) is 0 Å². The summed E-state index contributed by atoms with van der Waals surface area (Å²) in [5.74, 6) is -0.119. The molecule has 130 valence electrons. The Morgan fingerprint density at radius 2 is 1.80 bits per heavy atom. The highest BCUT2D eigenvalue weighted by molar-refractivity contribution is 6.03. The van der Waals surface area contributed by atoms with E-state index in [9.17, 15) is 9.59 Å². The Bertz CT molecular complexity index is 782. The number of nitrogens with one attached hydrogen (secondary N) is 1. The quantitative estimate of drug-likeness (QED) is 0.933. The molecule has 6 nitrogen and oxygen atoms in total. The van der Waals surface area contributed by atoms with E-state index >= 15 is 0 Å². The van der Waals surface area contributed by atoms with Crippen molar-refractivity contribution in [2.24, 2.45) is 0 Å². The summed E-state index contributed by atoms with van der Waals surface area (Å²) in [6.45, 7) is 6.44. The molecule has 1 fully saturated rings. The number of hydrogen-bond donors (Lipinski definition) is 1. The molecule has 6 heteroatoms. The zero-order chi connectivity index (χ0) is 17.8. The highest BCUT2D eigenvalue weighted by Gasteiger charge is 2.20. The third-order valence-electron chi connectivity index (χ3n) is 4.46. The number of piperazine rings is 1. The van der Waals surface area contributed by atoms with Gasteiger partial charge >= 0.3 is 0 Å². The number of aromatic nitrogens is 1. The number of hydrogen-bond acceptors (Lipinski definition) is 4. The summed E-state index contributed by atoms with van der Waals surface area (Å²) in [5, 5.41) is 2.91. The SMILES string of the molecule is CC(=O)N1CCN(c2ccnc(C(=O)Nc3ccccc3C)c2)CC1. The molecule has 2 amide bonds. The highest BCUT2D eigenvalue weighted by atomic mass is 16.2. The standard InChI is InChI=1S/C19H22N4O2/c1-14-5-3-4-6-17(14)21-19(25)18-13-16(7-8-20-18)23-11-9-22(10-12-23)15(2)24/h3-8,13H,9-12H2,1-2H3,(H,21,25). The van der Waals surface area contributed by atoms with Crippen molar-refractivity contribution >= 4 is 23.2 Å². The summed E-state index contributed by atoms with van der Waals surface area (Å²) in [4.78, 5) is 32.1. The van der Waals surface area contributed by atoms with Gasteiger partial charge in [0.05, 0.1) is 0 Å². The van der Waals surface area contributed by atoms with Crippen LogP contribution in [0.4, 0.5) is 11.4 Å². The minimum absolute atomic E-state index is 0.104. The van der Waals surface area contributed by atoms with Crippen molar-refractivity contribution in [1.82, 2.24) is 9.88 Å². The van der Waals surface area contributed by atoms with Gasteiger partial charge in [0.2, 0.25) is 5.91 Å². The first-order valence-corrected chi connectivity index (χ1v) is 8.38.